The van der Waals surface area contributed by atoms with Gasteiger partial charge in [0.1, 0.15) is 6.33 Å². The summed E-state index contributed by atoms with van der Waals surface area (Å²) in [6.07, 6.45) is 3.56. The lowest BCUT2D eigenvalue weighted by Crippen LogP contribution is -2.47. The van der Waals surface area contributed by atoms with Crippen LogP contribution in [0.3, 0.4) is 0 Å². The van der Waals surface area contributed by atoms with Crippen LogP contribution in [0.15, 0.2) is 6.33 Å². The number of nitrogens with one attached hydrogen (secondary N) is 1. The van der Waals surface area contributed by atoms with E-state index in [0.717, 1.165) is 31.7 Å². The number of hydrogen-bond acceptors (Lipinski definition) is 7. The third-order valence-corrected chi connectivity index (χ3v) is 3.58. The second-order valence-electron chi connectivity index (χ2n) is 4.90. The third-order valence-electron chi connectivity index (χ3n) is 3.58. The normalized spacial score (nSPS) is 23.3. The molecule has 1 aromatic rings. The van der Waals surface area contributed by atoms with Gasteiger partial charge in [-0.05, 0) is 19.8 Å². The lowest BCUT2D eigenvalue weighted by atomic mass is 9.95. The summed E-state index contributed by atoms with van der Waals surface area (Å²) in [6.45, 7) is 3.78. The molecule has 2 rings (SSSR count). The van der Waals surface area contributed by atoms with Gasteiger partial charge in [0.05, 0.1) is 12.7 Å². The van der Waals surface area contributed by atoms with Gasteiger partial charge in [-0.25, -0.2) is 15.8 Å². The summed E-state index contributed by atoms with van der Waals surface area (Å²) in [6, 6.07) is 0. The highest BCUT2D eigenvalue weighted by Crippen LogP contribution is 2.35. The van der Waals surface area contributed by atoms with Crippen molar-refractivity contribution in [3.63, 3.8) is 0 Å². The van der Waals surface area contributed by atoms with Crippen molar-refractivity contribution in [2.45, 2.75) is 25.4 Å². The maximum atomic E-state index is 5.59. The van der Waals surface area contributed by atoms with Crippen LogP contribution in [-0.2, 0) is 4.74 Å². The molecule has 1 aliphatic rings. The van der Waals surface area contributed by atoms with Gasteiger partial charge in [0, 0.05) is 20.2 Å². The molecule has 1 aromatic heterocycles. The van der Waals surface area contributed by atoms with Crippen LogP contribution in [0.25, 0.3) is 0 Å². The molecule has 0 bridgehead atoms. The fourth-order valence-corrected chi connectivity index (χ4v) is 2.43. The number of anilines is 2. The highest BCUT2D eigenvalue weighted by atomic mass is 16.5. The van der Waals surface area contributed by atoms with Crippen molar-refractivity contribution < 1.29 is 9.47 Å². The van der Waals surface area contributed by atoms with E-state index in [-0.39, 0.29) is 5.60 Å². The molecule has 0 spiro atoms. The van der Waals surface area contributed by atoms with Crippen LogP contribution in [0.4, 0.5) is 11.6 Å². The number of piperidine rings is 1. The number of nitrogens with zero attached hydrogens (tertiary/aromatic N) is 3. The van der Waals surface area contributed by atoms with Crippen LogP contribution >= 0.6 is 0 Å². The number of hydrogen-bond donors (Lipinski definition) is 2. The van der Waals surface area contributed by atoms with Crippen molar-refractivity contribution in [3.8, 4) is 5.75 Å². The van der Waals surface area contributed by atoms with E-state index >= 15 is 0 Å². The Bertz CT molecular complexity index is 442. The largest absolute Gasteiger partial charge is 0.490 e. The zero-order valence-corrected chi connectivity index (χ0v) is 11.6. The van der Waals surface area contributed by atoms with Crippen LogP contribution in [0.5, 0.6) is 5.75 Å². The summed E-state index contributed by atoms with van der Waals surface area (Å²) in [7, 11) is 3.33. The minimum absolute atomic E-state index is 0.162. The fourth-order valence-electron chi connectivity index (χ4n) is 2.43. The van der Waals surface area contributed by atoms with E-state index in [1.165, 1.54) is 6.33 Å². The molecule has 19 heavy (non-hydrogen) atoms. The predicted molar refractivity (Wildman–Crippen MR) is 73.3 cm³/mol. The maximum absolute atomic E-state index is 5.59. The molecule has 1 aliphatic heterocycles. The minimum atomic E-state index is -0.162. The van der Waals surface area contributed by atoms with Crippen LogP contribution in [0.2, 0.25) is 0 Å². The van der Waals surface area contributed by atoms with Gasteiger partial charge in [-0.3, -0.25) is 0 Å². The average Bonchev–Trinajstić information content (AvgIpc) is 2.46. The van der Waals surface area contributed by atoms with E-state index in [4.69, 9.17) is 15.3 Å². The Morgan fingerprint density at radius 3 is 2.84 bits per heavy atom. The van der Waals surface area contributed by atoms with E-state index < -0.39 is 0 Å². The average molecular weight is 267 g/mol. The molecule has 1 saturated heterocycles. The molecule has 1 unspecified atom stereocenters. The van der Waals surface area contributed by atoms with E-state index in [1.807, 2.05) is 0 Å². The molecule has 106 valence electrons. The first-order valence-corrected chi connectivity index (χ1v) is 6.29. The van der Waals surface area contributed by atoms with Crippen LogP contribution in [0.1, 0.15) is 19.8 Å². The number of rotatable bonds is 4. The van der Waals surface area contributed by atoms with Gasteiger partial charge < -0.3 is 19.8 Å². The first-order chi connectivity index (χ1) is 9.13. The van der Waals surface area contributed by atoms with E-state index in [9.17, 15) is 0 Å². The Morgan fingerprint density at radius 1 is 1.42 bits per heavy atom. The summed E-state index contributed by atoms with van der Waals surface area (Å²) < 4.78 is 11.0. The monoisotopic (exact) mass is 267 g/mol. The standard InChI is InChI=1S/C12H21N5O2/c1-12(19-3)5-4-6-17(7-12)11-9(18-2)10(16-13)14-8-15-11/h8H,4-7,13H2,1-3H3,(H,14,15,16). The Hall–Kier alpha value is -1.60. The molecule has 0 aromatic carbocycles. The molecule has 0 aliphatic carbocycles. The van der Waals surface area contributed by atoms with Crippen LogP contribution < -0.4 is 20.9 Å². The molecule has 0 saturated carbocycles. The number of methoxy groups -OCH3 is 2. The molecule has 1 fully saturated rings. The first-order valence-electron chi connectivity index (χ1n) is 6.29. The first kappa shape index (κ1) is 13.8. The lowest BCUT2D eigenvalue weighted by molar-refractivity contribution is -0.00489. The maximum Gasteiger partial charge on any atom is 0.205 e. The molecule has 0 radical (unpaired) electrons. The number of hydrazine groups is 1. The number of nitrogens with two attached hydrogens (primary N) is 1. The summed E-state index contributed by atoms with van der Waals surface area (Å²) in [5.41, 5.74) is 2.36. The quantitative estimate of drug-likeness (QED) is 0.615. The van der Waals surface area contributed by atoms with Gasteiger partial charge in [-0.1, -0.05) is 0 Å². The number of nitrogen functional groups attached to an aromatic ring is 1. The smallest absolute Gasteiger partial charge is 0.205 e. The highest BCUT2D eigenvalue weighted by molar-refractivity contribution is 5.64. The summed E-state index contributed by atoms with van der Waals surface area (Å²) >= 11 is 0. The zero-order valence-electron chi connectivity index (χ0n) is 11.6. The van der Waals surface area contributed by atoms with Crippen LogP contribution in [0, 0.1) is 0 Å². The number of aromatic nitrogens is 2. The predicted octanol–water partition coefficient (Wildman–Crippen LogP) is 0.776. The second kappa shape index (κ2) is 5.58. The van der Waals surface area contributed by atoms with Crippen molar-refractivity contribution in [3.05, 3.63) is 6.33 Å². The summed E-state index contributed by atoms with van der Waals surface area (Å²) in [5.74, 6) is 7.23. The van der Waals surface area contributed by atoms with E-state index in [0.29, 0.717) is 11.6 Å². The Kier molecular flexibility index (Phi) is 4.06. The Balaban J connectivity index is 2.31. The van der Waals surface area contributed by atoms with Gasteiger partial charge in [-0.15, -0.1) is 0 Å². The third kappa shape index (κ3) is 2.71. The van der Waals surface area contributed by atoms with Gasteiger partial charge in [0.15, 0.2) is 11.6 Å². The van der Waals surface area contributed by atoms with Gasteiger partial charge in [-0.2, -0.15) is 0 Å². The number of ether oxygens (including phenoxy) is 2. The topological polar surface area (TPSA) is 85.5 Å². The van der Waals surface area contributed by atoms with Crippen molar-refractivity contribution in [2.24, 2.45) is 5.84 Å². The zero-order chi connectivity index (χ0) is 13.9. The molecular weight excluding hydrogens is 246 g/mol. The summed E-state index contributed by atoms with van der Waals surface area (Å²) in [5, 5.41) is 0. The molecule has 0 amide bonds. The highest BCUT2D eigenvalue weighted by Gasteiger charge is 2.33. The van der Waals surface area contributed by atoms with Crippen molar-refractivity contribution in [1.29, 1.82) is 0 Å². The van der Waals surface area contributed by atoms with Gasteiger partial charge in [0.2, 0.25) is 5.75 Å². The van der Waals surface area contributed by atoms with Crippen molar-refractivity contribution >= 4 is 11.6 Å². The van der Waals surface area contributed by atoms with E-state index in [2.05, 4.69) is 27.2 Å². The molecule has 3 N–H and O–H groups in total. The molecular formula is C12H21N5O2. The minimum Gasteiger partial charge on any atom is -0.490 e. The fraction of sp³-hybridized carbons (Fsp3) is 0.667. The molecule has 2 heterocycles. The SMILES string of the molecule is COc1c(NN)ncnc1N1CCCC(C)(OC)C1. The second-order valence-corrected chi connectivity index (χ2v) is 4.90. The lowest BCUT2D eigenvalue weighted by Gasteiger charge is -2.40. The van der Waals surface area contributed by atoms with Crippen molar-refractivity contribution in [1.82, 2.24) is 9.97 Å². The van der Waals surface area contributed by atoms with Crippen LogP contribution in [-0.4, -0.2) is 42.9 Å². The molecule has 1 atom stereocenters. The van der Waals surface area contributed by atoms with Gasteiger partial charge in [0.25, 0.3) is 0 Å². The van der Waals surface area contributed by atoms with Gasteiger partial charge >= 0.3 is 0 Å². The Morgan fingerprint density at radius 2 is 2.21 bits per heavy atom. The molecule has 7 heteroatoms. The molecule has 7 nitrogen and oxygen atoms in total. The summed E-state index contributed by atoms with van der Waals surface area (Å²) in [4.78, 5) is 10.5. The van der Waals surface area contributed by atoms with Crippen molar-refractivity contribution in [2.75, 3.05) is 37.6 Å². The Labute approximate surface area is 113 Å². The van der Waals surface area contributed by atoms with E-state index in [1.54, 1.807) is 14.2 Å².